The van der Waals surface area contributed by atoms with Gasteiger partial charge in [-0.05, 0) is 43.2 Å². The summed E-state index contributed by atoms with van der Waals surface area (Å²) in [5.74, 6) is 1.03. The Morgan fingerprint density at radius 3 is 2.81 bits per heavy atom. The summed E-state index contributed by atoms with van der Waals surface area (Å²) in [7, 11) is 0. The molecule has 1 aliphatic heterocycles. The van der Waals surface area contributed by atoms with Crippen LogP contribution in [0.1, 0.15) is 22.3 Å². The third-order valence-corrected chi connectivity index (χ3v) is 5.00. The Kier molecular flexibility index (Phi) is 4.67. The molecule has 0 aliphatic carbocycles. The van der Waals surface area contributed by atoms with E-state index in [0.29, 0.717) is 24.5 Å². The largest absolute Gasteiger partial charge is 0.493 e. The monoisotopic (exact) mass is 363 g/mol. The highest BCUT2D eigenvalue weighted by Gasteiger charge is 2.27. The molecule has 0 N–H and O–H groups in total. The van der Waals surface area contributed by atoms with Crippen LogP contribution in [-0.4, -0.2) is 30.5 Å². The van der Waals surface area contributed by atoms with Gasteiger partial charge in [0.2, 0.25) is 0 Å². The molecule has 0 spiro atoms. The summed E-state index contributed by atoms with van der Waals surface area (Å²) in [5, 5.41) is 0.905. The number of carbonyl (C=O) groups excluding carboxylic acids is 1. The molecule has 1 aromatic heterocycles. The lowest BCUT2D eigenvalue weighted by molar-refractivity contribution is 0.0783. The smallest absolute Gasteiger partial charge is 0.336 e. The summed E-state index contributed by atoms with van der Waals surface area (Å²) < 4.78 is 11.2. The molecule has 1 aliphatic rings. The van der Waals surface area contributed by atoms with Crippen LogP contribution < -0.4 is 10.4 Å². The highest BCUT2D eigenvalue weighted by atomic mass is 16.5. The molecule has 5 nitrogen and oxygen atoms in total. The Labute approximate surface area is 157 Å². The second-order valence-corrected chi connectivity index (χ2v) is 6.99. The molecular weight excluding hydrogens is 342 g/mol. The summed E-state index contributed by atoms with van der Waals surface area (Å²) in [5.41, 5.74) is 1.78. The lowest BCUT2D eigenvalue weighted by Gasteiger charge is -2.17. The average molecular weight is 363 g/mol. The van der Waals surface area contributed by atoms with Gasteiger partial charge in [0.05, 0.1) is 6.61 Å². The molecule has 4 rings (SSSR count). The Hall–Kier alpha value is -3.08. The van der Waals surface area contributed by atoms with Gasteiger partial charge in [0.15, 0.2) is 0 Å². The summed E-state index contributed by atoms with van der Waals surface area (Å²) in [6.45, 7) is 3.85. The molecule has 5 heteroatoms. The number of ether oxygens (including phenoxy) is 1. The first-order valence-electron chi connectivity index (χ1n) is 9.12. The van der Waals surface area contributed by atoms with E-state index in [1.165, 1.54) is 6.07 Å². The fraction of sp³-hybridized carbons (Fsp3) is 0.273. The number of carbonyl (C=O) groups is 1. The minimum Gasteiger partial charge on any atom is -0.493 e. The van der Waals surface area contributed by atoms with Gasteiger partial charge < -0.3 is 14.1 Å². The van der Waals surface area contributed by atoms with Crippen molar-refractivity contribution in [2.24, 2.45) is 5.92 Å². The lowest BCUT2D eigenvalue weighted by Crippen LogP contribution is -2.29. The quantitative estimate of drug-likeness (QED) is 0.664. The number of likely N-dealkylation sites (tertiary alicyclic amines) is 1. The van der Waals surface area contributed by atoms with E-state index < -0.39 is 0 Å². The highest BCUT2D eigenvalue weighted by molar-refractivity contribution is 5.94. The zero-order chi connectivity index (χ0) is 18.8. The maximum absolute atomic E-state index is 12.5. The Balaban J connectivity index is 1.39. The molecule has 1 amide bonds. The molecule has 0 radical (unpaired) electrons. The van der Waals surface area contributed by atoms with Crippen LogP contribution in [0.3, 0.4) is 0 Å². The standard InChI is InChI=1S/C22H21NO4/c1-15-11-21(24)27-20-12-18(7-8-19(15)20)26-14-16-9-10-23(13-16)22(25)17-5-3-2-4-6-17/h2-8,11-12,16H,9-10,13-14H2,1H3. The normalized spacial score (nSPS) is 16.6. The van der Waals surface area contributed by atoms with Crippen LogP contribution in [0.15, 0.2) is 63.8 Å². The molecule has 1 saturated heterocycles. The van der Waals surface area contributed by atoms with Gasteiger partial charge in [-0.3, -0.25) is 4.79 Å². The van der Waals surface area contributed by atoms with Crippen LogP contribution in [0.4, 0.5) is 0 Å². The second-order valence-electron chi connectivity index (χ2n) is 6.99. The van der Waals surface area contributed by atoms with E-state index in [4.69, 9.17) is 9.15 Å². The van der Waals surface area contributed by atoms with Gasteiger partial charge in [0.1, 0.15) is 11.3 Å². The summed E-state index contributed by atoms with van der Waals surface area (Å²) >= 11 is 0. The van der Waals surface area contributed by atoms with Crippen LogP contribution in [-0.2, 0) is 0 Å². The van der Waals surface area contributed by atoms with Crippen molar-refractivity contribution in [3.8, 4) is 5.75 Å². The third kappa shape index (κ3) is 3.72. The van der Waals surface area contributed by atoms with Crippen LogP contribution in [0.25, 0.3) is 11.0 Å². The van der Waals surface area contributed by atoms with Gasteiger partial charge in [0, 0.05) is 42.1 Å². The number of nitrogens with zero attached hydrogens (tertiary/aromatic N) is 1. The number of benzene rings is 2. The molecule has 2 heterocycles. The Bertz CT molecular complexity index is 1030. The van der Waals surface area contributed by atoms with Crippen LogP contribution >= 0.6 is 0 Å². The summed E-state index contributed by atoms with van der Waals surface area (Å²) in [6, 6.07) is 16.4. The van der Waals surface area contributed by atoms with Crippen molar-refractivity contribution in [2.45, 2.75) is 13.3 Å². The molecule has 0 saturated carbocycles. The van der Waals surface area contributed by atoms with Gasteiger partial charge in [-0.15, -0.1) is 0 Å². The first kappa shape index (κ1) is 17.3. The number of fused-ring (bicyclic) bond motifs is 1. The van der Waals surface area contributed by atoms with Crippen molar-refractivity contribution in [1.29, 1.82) is 0 Å². The van der Waals surface area contributed by atoms with Crippen LogP contribution in [0.2, 0.25) is 0 Å². The number of amides is 1. The van der Waals surface area contributed by atoms with Gasteiger partial charge in [0.25, 0.3) is 5.91 Å². The molecule has 27 heavy (non-hydrogen) atoms. The molecule has 1 atom stereocenters. The fourth-order valence-corrected chi connectivity index (χ4v) is 3.53. The maximum Gasteiger partial charge on any atom is 0.336 e. The van der Waals surface area contributed by atoms with Gasteiger partial charge in [-0.2, -0.15) is 0 Å². The van der Waals surface area contributed by atoms with Crippen molar-refractivity contribution in [3.63, 3.8) is 0 Å². The Morgan fingerprint density at radius 2 is 2.00 bits per heavy atom. The van der Waals surface area contributed by atoms with Gasteiger partial charge in [-0.25, -0.2) is 4.79 Å². The summed E-state index contributed by atoms with van der Waals surface area (Å²) in [6.07, 6.45) is 0.917. The molecule has 0 bridgehead atoms. The zero-order valence-corrected chi connectivity index (χ0v) is 15.2. The van der Waals surface area contributed by atoms with E-state index in [0.717, 1.165) is 29.5 Å². The van der Waals surface area contributed by atoms with Crippen molar-refractivity contribution in [3.05, 3.63) is 76.1 Å². The predicted molar refractivity (Wildman–Crippen MR) is 103 cm³/mol. The van der Waals surface area contributed by atoms with E-state index in [1.807, 2.05) is 54.3 Å². The van der Waals surface area contributed by atoms with E-state index >= 15 is 0 Å². The van der Waals surface area contributed by atoms with E-state index in [2.05, 4.69) is 0 Å². The number of hydrogen-bond acceptors (Lipinski definition) is 4. The zero-order valence-electron chi connectivity index (χ0n) is 15.2. The molecule has 1 unspecified atom stereocenters. The minimum absolute atomic E-state index is 0.0704. The number of rotatable bonds is 4. The SMILES string of the molecule is Cc1cc(=O)oc2cc(OCC3CCN(C(=O)c4ccccc4)C3)ccc12. The topological polar surface area (TPSA) is 59.8 Å². The lowest BCUT2D eigenvalue weighted by atomic mass is 10.1. The van der Waals surface area contributed by atoms with Crippen molar-refractivity contribution in [1.82, 2.24) is 4.90 Å². The number of hydrogen-bond donors (Lipinski definition) is 0. The first-order valence-corrected chi connectivity index (χ1v) is 9.12. The van der Waals surface area contributed by atoms with E-state index in [-0.39, 0.29) is 17.5 Å². The van der Waals surface area contributed by atoms with Gasteiger partial charge >= 0.3 is 5.63 Å². The average Bonchev–Trinajstić information content (AvgIpc) is 3.15. The number of aryl methyl sites for hydroxylation is 1. The molecular formula is C22H21NO4. The summed E-state index contributed by atoms with van der Waals surface area (Å²) in [4.78, 5) is 26.0. The molecule has 3 aromatic rings. The minimum atomic E-state index is -0.358. The molecule has 1 fully saturated rings. The van der Waals surface area contributed by atoms with Crippen LogP contribution in [0, 0.1) is 12.8 Å². The van der Waals surface area contributed by atoms with Gasteiger partial charge in [-0.1, -0.05) is 18.2 Å². The van der Waals surface area contributed by atoms with Crippen molar-refractivity contribution >= 4 is 16.9 Å². The van der Waals surface area contributed by atoms with Crippen LogP contribution in [0.5, 0.6) is 5.75 Å². The third-order valence-electron chi connectivity index (χ3n) is 5.00. The van der Waals surface area contributed by atoms with E-state index in [1.54, 1.807) is 6.07 Å². The van der Waals surface area contributed by atoms with E-state index in [9.17, 15) is 9.59 Å². The molecule has 138 valence electrons. The van der Waals surface area contributed by atoms with Crippen molar-refractivity contribution in [2.75, 3.05) is 19.7 Å². The maximum atomic E-state index is 12.5. The highest BCUT2D eigenvalue weighted by Crippen LogP contribution is 2.24. The Morgan fingerprint density at radius 1 is 1.19 bits per heavy atom. The fourth-order valence-electron chi connectivity index (χ4n) is 3.53. The first-order chi connectivity index (χ1) is 13.1. The second kappa shape index (κ2) is 7.27. The van der Waals surface area contributed by atoms with Crippen molar-refractivity contribution < 1.29 is 13.9 Å². The predicted octanol–water partition coefficient (Wildman–Crippen LogP) is 3.64. The molecule has 2 aromatic carbocycles.